The van der Waals surface area contributed by atoms with Crippen LogP contribution in [0.25, 0.3) is 0 Å². The lowest BCUT2D eigenvalue weighted by molar-refractivity contribution is 0.396. The van der Waals surface area contributed by atoms with Gasteiger partial charge in [0.05, 0.1) is 7.11 Å². The molecule has 1 fully saturated rings. The van der Waals surface area contributed by atoms with Crippen LogP contribution in [-0.2, 0) is 6.54 Å². The molecule has 0 bridgehead atoms. The Morgan fingerprint density at radius 3 is 2.80 bits per heavy atom. The summed E-state index contributed by atoms with van der Waals surface area (Å²) in [6.07, 6.45) is 3.93. The summed E-state index contributed by atoms with van der Waals surface area (Å²) >= 11 is 0. The van der Waals surface area contributed by atoms with E-state index >= 15 is 0 Å². The van der Waals surface area contributed by atoms with E-state index in [4.69, 9.17) is 10.5 Å². The minimum Gasteiger partial charge on any atom is -0.481 e. The van der Waals surface area contributed by atoms with Crippen molar-refractivity contribution in [2.75, 3.05) is 17.7 Å². The number of nitrogen functional groups attached to an aromatic ring is 1. The van der Waals surface area contributed by atoms with Crippen molar-refractivity contribution in [2.24, 2.45) is 0 Å². The van der Waals surface area contributed by atoms with Crippen molar-refractivity contribution in [3.05, 3.63) is 42.2 Å². The third kappa shape index (κ3) is 2.66. The number of nitrogens with zero attached hydrogens (tertiary/aromatic N) is 3. The number of methoxy groups -OCH3 is 1. The topological polar surface area (TPSA) is 64.3 Å². The summed E-state index contributed by atoms with van der Waals surface area (Å²) in [6.45, 7) is 0.761. The van der Waals surface area contributed by atoms with Gasteiger partial charge in [-0.1, -0.05) is 18.2 Å². The molecule has 2 N–H and O–H groups in total. The second-order valence-corrected chi connectivity index (χ2v) is 4.98. The minimum absolute atomic E-state index is 0.536. The quantitative estimate of drug-likeness (QED) is 0.844. The Hall–Kier alpha value is -2.30. The molecule has 0 radical (unpaired) electrons. The highest BCUT2D eigenvalue weighted by Gasteiger charge is 2.30. The van der Waals surface area contributed by atoms with E-state index in [0.717, 1.165) is 23.6 Å². The predicted molar refractivity (Wildman–Crippen MR) is 78.6 cm³/mol. The van der Waals surface area contributed by atoms with E-state index in [1.807, 2.05) is 24.3 Å². The lowest BCUT2D eigenvalue weighted by Gasteiger charge is -2.24. The maximum absolute atomic E-state index is 6.04. The number of para-hydroxylation sites is 1. The molecule has 0 unspecified atom stereocenters. The smallest absolute Gasteiger partial charge is 0.218 e. The largest absolute Gasteiger partial charge is 0.481 e. The standard InChI is InChI=1S/C15H18N4O/c1-20-15-8-14(17-10-18-15)19(12-6-7-12)9-11-4-2-3-5-13(11)16/h2-5,8,10,12H,6-7,9,16H2,1H3. The Bertz CT molecular complexity index is 598. The summed E-state index contributed by atoms with van der Waals surface area (Å²) in [5.41, 5.74) is 7.98. The SMILES string of the molecule is COc1cc(N(Cc2ccccc2N)C2CC2)ncn1. The molecule has 5 nitrogen and oxygen atoms in total. The molecule has 0 spiro atoms. The van der Waals surface area contributed by atoms with Crippen LogP contribution >= 0.6 is 0 Å². The molecule has 0 saturated heterocycles. The first-order valence-corrected chi connectivity index (χ1v) is 6.74. The molecule has 5 heteroatoms. The molecule has 0 atom stereocenters. The summed E-state index contributed by atoms with van der Waals surface area (Å²) in [6, 6.07) is 10.4. The highest BCUT2D eigenvalue weighted by molar-refractivity contribution is 5.51. The fraction of sp³-hybridized carbons (Fsp3) is 0.333. The van der Waals surface area contributed by atoms with Gasteiger partial charge < -0.3 is 15.4 Å². The minimum atomic E-state index is 0.536. The van der Waals surface area contributed by atoms with Crippen LogP contribution in [0, 0.1) is 0 Å². The average molecular weight is 270 g/mol. The number of hydrogen-bond acceptors (Lipinski definition) is 5. The summed E-state index contributed by atoms with van der Waals surface area (Å²) in [4.78, 5) is 10.7. The number of benzene rings is 1. The van der Waals surface area contributed by atoms with Gasteiger partial charge in [0.25, 0.3) is 0 Å². The van der Waals surface area contributed by atoms with Crippen LogP contribution in [0.1, 0.15) is 18.4 Å². The number of hydrogen-bond donors (Lipinski definition) is 1. The van der Waals surface area contributed by atoms with Gasteiger partial charge in [-0.05, 0) is 24.5 Å². The number of nitrogens with two attached hydrogens (primary N) is 1. The third-order valence-electron chi connectivity index (χ3n) is 3.51. The number of ether oxygens (including phenoxy) is 1. The molecule has 0 aliphatic heterocycles. The van der Waals surface area contributed by atoms with Crippen LogP contribution in [0.15, 0.2) is 36.7 Å². The van der Waals surface area contributed by atoms with Gasteiger partial charge in [-0.25, -0.2) is 9.97 Å². The van der Waals surface area contributed by atoms with E-state index in [1.54, 1.807) is 7.11 Å². The van der Waals surface area contributed by atoms with Gasteiger partial charge in [0.2, 0.25) is 5.88 Å². The molecule has 0 amide bonds. The Morgan fingerprint density at radius 2 is 2.10 bits per heavy atom. The molecule has 1 aliphatic carbocycles. The number of rotatable bonds is 5. The van der Waals surface area contributed by atoms with E-state index in [0.29, 0.717) is 11.9 Å². The molecular formula is C15H18N4O. The van der Waals surface area contributed by atoms with E-state index in [1.165, 1.54) is 19.2 Å². The maximum Gasteiger partial charge on any atom is 0.218 e. The van der Waals surface area contributed by atoms with Gasteiger partial charge in [-0.2, -0.15) is 0 Å². The van der Waals surface area contributed by atoms with Gasteiger partial charge >= 0.3 is 0 Å². The Balaban J connectivity index is 1.87. The van der Waals surface area contributed by atoms with Crippen molar-refractivity contribution in [3.8, 4) is 5.88 Å². The second kappa shape index (κ2) is 5.36. The fourth-order valence-corrected chi connectivity index (χ4v) is 2.24. The average Bonchev–Trinajstić information content (AvgIpc) is 3.31. The molecule has 1 saturated carbocycles. The lowest BCUT2D eigenvalue weighted by atomic mass is 10.1. The van der Waals surface area contributed by atoms with Crippen molar-refractivity contribution < 1.29 is 4.74 Å². The van der Waals surface area contributed by atoms with Gasteiger partial charge in [0, 0.05) is 24.3 Å². The molecule has 1 heterocycles. The maximum atomic E-state index is 6.04. The van der Waals surface area contributed by atoms with Crippen molar-refractivity contribution in [2.45, 2.75) is 25.4 Å². The zero-order valence-corrected chi connectivity index (χ0v) is 11.5. The molecule has 1 aromatic heterocycles. The van der Waals surface area contributed by atoms with Crippen LogP contribution in [-0.4, -0.2) is 23.1 Å². The molecule has 1 aromatic carbocycles. The fourth-order valence-electron chi connectivity index (χ4n) is 2.24. The normalized spacial score (nSPS) is 14.1. The summed E-state index contributed by atoms with van der Waals surface area (Å²) in [5.74, 6) is 1.48. The molecule has 20 heavy (non-hydrogen) atoms. The first-order valence-electron chi connectivity index (χ1n) is 6.74. The second-order valence-electron chi connectivity index (χ2n) is 4.98. The van der Waals surface area contributed by atoms with Crippen molar-refractivity contribution in [3.63, 3.8) is 0 Å². The predicted octanol–water partition coefficient (Wildman–Crippen LogP) is 2.24. The van der Waals surface area contributed by atoms with Crippen LogP contribution in [0.3, 0.4) is 0 Å². The van der Waals surface area contributed by atoms with Gasteiger partial charge in [-0.3, -0.25) is 0 Å². The zero-order valence-electron chi connectivity index (χ0n) is 11.5. The lowest BCUT2D eigenvalue weighted by Crippen LogP contribution is -2.26. The van der Waals surface area contributed by atoms with Crippen molar-refractivity contribution in [1.29, 1.82) is 0 Å². The number of aromatic nitrogens is 2. The highest BCUT2D eigenvalue weighted by atomic mass is 16.5. The molecule has 104 valence electrons. The van der Waals surface area contributed by atoms with Crippen LogP contribution in [0.4, 0.5) is 11.5 Å². The van der Waals surface area contributed by atoms with E-state index in [2.05, 4.69) is 20.9 Å². The summed E-state index contributed by atoms with van der Waals surface area (Å²) < 4.78 is 5.18. The molecular weight excluding hydrogens is 252 g/mol. The van der Waals surface area contributed by atoms with Crippen LogP contribution < -0.4 is 15.4 Å². The molecule has 3 rings (SSSR count). The summed E-state index contributed by atoms with van der Waals surface area (Å²) in [5, 5.41) is 0. The van der Waals surface area contributed by atoms with Crippen molar-refractivity contribution in [1.82, 2.24) is 9.97 Å². The van der Waals surface area contributed by atoms with Crippen LogP contribution in [0.5, 0.6) is 5.88 Å². The zero-order chi connectivity index (χ0) is 13.9. The third-order valence-corrected chi connectivity index (χ3v) is 3.51. The van der Waals surface area contributed by atoms with E-state index in [9.17, 15) is 0 Å². The summed E-state index contributed by atoms with van der Waals surface area (Å²) in [7, 11) is 1.61. The van der Waals surface area contributed by atoms with Crippen LogP contribution in [0.2, 0.25) is 0 Å². The Kier molecular flexibility index (Phi) is 3.41. The van der Waals surface area contributed by atoms with Gasteiger partial charge in [-0.15, -0.1) is 0 Å². The monoisotopic (exact) mass is 270 g/mol. The Labute approximate surface area is 118 Å². The Morgan fingerprint density at radius 1 is 1.30 bits per heavy atom. The van der Waals surface area contributed by atoms with Crippen molar-refractivity contribution >= 4 is 11.5 Å². The van der Waals surface area contributed by atoms with Gasteiger partial charge in [0.1, 0.15) is 12.1 Å². The molecule has 1 aliphatic rings. The highest BCUT2D eigenvalue weighted by Crippen LogP contribution is 2.33. The van der Waals surface area contributed by atoms with E-state index < -0.39 is 0 Å². The molecule has 2 aromatic rings. The first kappa shape index (κ1) is 12.7. The van der Waals surface area contributed by atoms with Gasteiger partial charge in [0.15, 0.2) is 0 Å². The van der Waals surface area contributed by atoms with E-state index in [-0.39, 0.29) is 0 Å². The number of anilines is 2. The first-order chi connectivity index (χ1) is 9.78.